The minimum Gasteiger partial charge on any atom is -0.469 e. The van der Waals surface area contributed by atoms with Crippen molar-refractivity contribution in [2.45, 2.75) is 68.1 Å². The zero-order chi connectivity index (χ0) is 32.5. The maximum atomic E-state index is 14.5. The van der Waals surface area contributed by atoms with Crippen molar-refractivity contribution >= 4 is 63.0 Å². The van der Waals surface area contributed by atoms with Crippen molar-refractivity contribution in [3.63, 3.8) is 0 Å². The lowest BCUT2D eigenvalue weighted by atomic mass is 9.98. The van der Waals surface area contributed by atoms with Gasteiger partial charge in [-0.1, -0.05) is 42.5 Å². The fourth-order valence-electron chi connectivity index (χ4n) is 4.26. The highest BCUT2D eigenvalue weighted by molar-refractivity contribution is 8.01. The van der Waals surface area contributed by atoms with Gasteiger partial charge in [-0.15, -0.1) is 23.1 Å². The third-order valence-electron chi connectivity index (χ3n) is 6.14. The molecule has 13 heteroatoms. The average Bonchev–Trinajstić information content (AvgIpc) is 3.39. The molecule has 2 amide bonds. The number of aryl methyl sites for hydroxylation is 1. The smallest absolute Gasteiger partial charge is 0.428 e. The number of sulfonamides is 1. The summed E-state index contributed by atoms with van der Waals surface area (Å²) in [4.78, 5) is 37.8. The van der Waals surface area contributed by atoms with Crippen LogP contribution in [-0.2, 0) is 29.1 Å². The van der Waals surface area contributed by atoms with E-state index < -0.39 is 33.6 Å². The van der Waals surface area contributed by atoms with E-state index in [0.717, 1.165) is 26.8 Å². The quantitative estimate of drug-likeness (QED) is 0.0742. The molecule has 1 heterocycles. The Balaban J connectivity index is 2.06. The predicted octanol–water partition coefficient (Wildman–Crippen LogP) is 6.76. The number of ether oxygens (including phenoxy) is 2. The molecular weight excluding hydrogens is 623 g/mol. The van der Waals surface area contributed by atoms with Gasteiger partial charge in [-0.05, 0) is 70.1 Å². The number of nitrogens with zero attached hydrogens (tertiary/aromatic N) is 2. The zero-order valence-corrected chi connectivity index (χ0v) is 28.0. The molecule has 0 spiro atoms. The Labute approximate surface area is 266 Å². The van der Waals surface area contributed by atoms with Crippen molar-refractivity contribution in [2.75, 3.05) is 17.7 Å². The molecule has 10 nitrogen and oxygen atoms in total. The number of hydrogen-bond donors (Lipinski definition) is 1. The minimum absolute atomic E-state index is 0.0582. The van der Waals surface area contributed by atoms with E-state index in [2.05, 4.69) is 15.3 Å². The van der Waals surface area contributed by atoms with E-state index in [1.807, 2.05) is 43.3 Å². The number of esters is 1. The molecule has 0 aliphatic rings. The third-order valence-corrected chi connectivity index (χ3v) is 10.4. The van der Waals surface area contributed by atoms with E-state index in [0.29, 0.717) is 27.5 Å². The van der Waals surface area contributed by atoms with E-state index >= 15 is 0 Å². The number of hydrogen-bond acceptors (Lipinski definition) is 10. The lowest BCUT2D eigenvalue weighted by Gasteiger charge is -2.26. The molecule has 2 aromatic carbocycles. The number of anilines is 1. The molecule has 1 N–H and O–H groups in total. The third kappa shape index (κ3) is 9.16. The molecule has 236 valence electrons. The molecule has 0 aliphatic carbocycles. The largest absolute Gasteiger partial charge is 0.469 e. The molecule has 0 saturated heterocycles. The van der Waals surface area contributed by atoms with Gasteiger partial charge in [0, 0.05) is 23.3 Å². The molecule has 44 heavy (non-hydrogen) atoms. The van der Waals surface area contributed by atoms with Gasteiger partial charge < -0.3 is 9.47 Å². The number of amides is 2. The lowest BCUT2D eigenvalue weighted by Crippen LogP contribution is -2.37. The molecule has 3 aromatic rings. The van der Waals surface area contributed by atoms with Gasteiger partial charge in [0.2, 0.25) is 5.91 Å². The summed E-state index contributed by atoms with van der Waals surface area (Å²) in [6, 6.07) is 15.9. The second-order valence-corrected chi connectivity index (χ2v) is 14.6. The van der Waals surface area contributed by atoms with Crippen molar-refractivity contribution in [3.05, 3.63) is 65.0 Å². The van der Waals surface area contributed by atoms with Crippen LogP contribution in [0.1, 0.15) is 56.9 Å². The predicted molar refractivity (Wildman–Crippen MR) is 175 cm³/mol. The highest BCUT2D eigenvalue weighted by atomic mass is 32.2. The second kappa shape index (κ2) is 15.4. The first kappa shape index (κ1) is 34.8. The fourth-order valence-corrected chi connectivity index (χ4v) is 8.33. The van der Waals surface area contributed by atoms with Crippen molar-refractivity contribution in [1.82, 2.24) is 5.43 Å². The highest BCUT2D eigenvalue weighted by Gasteiger charge is 2.35. The van der Waals surface area contributed by atoms with Crippen LogP contribution in [0.2, 0.25) is 0 Å². The number of benzene rings is 2. The van der Waals surface area contributed by atoms with E-state index in [1.165, 1.54) is 31.2 Å². The molecule has 0 saturated carbocycles. The first-order valence-electron chi connectivity index (χ1n) is 13.8. The van der Waals surface area contributed by atoms with E-state index in [-0.39, 0.29) is 23.4 Å². The second-order valence-electron chi connectivity index (χ2n) is 10.7. The number of carbonyl (C=O) groups excluding carboxylic acids is 3. The molecule has 3 rings (SSSR count). The van der Waals surface area contributed by atoms with Gasteiger partial charge in [-0.2, -0.15) is 5.10 Å². The Hall–Kier alpha value is -3.68. The van der Waals surface area contributed by atoms with Crippen LogP contribution < -0.4 is 9.73 Å². The monoisotopic (exact) mass is 659 g/mol. The van der Waals surface area contributed by atoms with Crippen LogP contribution in [0.3, 0.4) is 0 Å². The minimum atomic E-state index is -4.44. The van der Waals surface area contributed by atoms with Crippen molar-refractivity contribution in [1.29, 1.82) is 0 Å². The summed E-state index contributed by atoms with van der Waals surface area (Å²) in [5.74, 6) is -1.03. The first-order chi connectivity index (χ1) is 20.8. The molecule has 0 fully saturated rings. The number of methoxy groups -OCH3 is 1. The maximum absolute atomic E-state index is 14.5. The van der Waals surface area contributed by atoms with Crippen molar-refractivity contribution in [3.8, 4) is 11.1 Å². The van der Waals surface area contributed by atoms with Crippen LogP contribution in [0.4, 0.5) is 10.5 Å². The number of rotatable bonds is 12. The summed E-state index contributed by atoms with van der Waals surface area (Å²) in [6.45, 7) is 7.03. The number of thiophene rings is 1. The Morgan fingerprint density at radius 2 is 1.73 bits per heavy atom. The number of nitrogens with one attached hydrogen (secondary N) is 1. The molecule has 0 radical (unpaired) electrons. The summed E-state index contributed by atoms with van der Waals surface area (Å²) < 4.78 is 40.1. The number of thioether (sulfide) groups is 1. The van der Waals surface area contributed by atoms with Gasteiger partial charge in [0.05, 0.1) is 23.2 Å². The molecular formula is C31H37N3O7S3. The Bertz CT molecular complexity index is 1610. The molecule has 0 unspecified atom stereocenters. The van der Waals surface area contributed by atoms with Crippen molar-refractivity contribution in [2.24, 2.45) is 5.10 Å². The summed E-state index contributed by atoms with van der Waals surface area (Å²) in [6.07, 6.45) is 2.99. The summed E-state index contributed by atoms with van der Waals surface area (Å²) in [5.41, 5.74) is 3.97. The van der Waals surface area contributed by atoms with Crippen LogP contribution in [0.15, 0.2) is 68.8 Å². The summed E-state index contributed by atoms with van der Waals surface area (Å²) in [7, 11) is -3.14. The fraction of sp³-hybridized carbons (Fsp3) is 0.355. The van der Waals surface area contributed by atoms with Gasteiger partial charge in [0.15, 0.2) is 0 Å². The van der Waals surface area contributed by atoms with Gasteiger partial charge >= 0.3 is 12.1 Å². The number of hydrazone groups is 1. The molecule has 0 atom stereocenters. The van der Waals surface area contributed by atoms with E-state index in [4.69, 9.17) is 4.74 Å². The highest BCUT2D eigenvalue weighted by Crippen LogP contribution is 2.41. The molecule has 0 bridgehead atoms. The topological polar surface area (TPSA) is 131 Å². The van der Waals surface area contributed by atoms with Gasteiger partial charge in [-0.3, -0.25) is 9.59 Å². The van der Waals surface area contributed by atoms with Crippen LogP contribution in [-0.4, -0.2) is 51.6 Å². The normalized spacial score (nSPS) is 11.8. The van der Waals surface area contributed by atoms with E-state index in [1.54, 1.807) is 39.2 Å². The molecule has 1 aromatic heterocycles. The Kier molecular flexibility index (Phi) is 12.1. The number of carbonyl (C=O) groups is 3. The van der Waals surface area contributed by atoms with Crippen LogP contribution in [0, 0.1) is 6.92 Å². The van der Waals surface area contributed by atoms with Gasteiger partial charge in [0.25, 0.3) is 10.0 Å². The van der Waals surface area contributed by atoms with Crippen LogP contribution >= 0.6 is 23.1 Å². The first-order valence-corrected chi connectivity index (χ1v) is 17.3. The summed E-state index contributed by atoms with van der Waals surface area (Å²) >= 11 is 2.38. The number of unbranched alkanes of at least 4 members (excludes halogenated alkanes) is 1. The maximum Gasteiger partial charge on any atom is 0.428 e. The summed E-state index contributed by atoms with van der Waals surface area (Å²) in [5, 5.41) is 3.91. The van der Waals surface area contributed by atoms with Crippen LogP contribution in [0.25, 0.3) is 11.1 Å². The van der Waals surface area contributed by atoms with Gasteiger partial charge in [-0.25, -0.2) is 22.9 Å². The van der Waals surface area contributed by atoms with Crippen molar-refractivity contribution < 1.29 is 32.3 Å². The zero-order valence-electron chi connectivity index (χ0n) is 25.6. The average molecular weight is 660 g/mol. The standard InChI is InChI=1S/C31H37N3O7S3/c1-21-13-12-16-24(28(21)22-14-8-7-9-15-22)34(26(35)17-10-11-18-27(36)40-5)44(38,39)25-19-23(43-29(25)42-6)20-32-33-30(37)41-31(2,3)4/h7-9,12-16,19-20H,10-11,17-18H2,1-6H3,(H,33,37). The van der Waals surface area contributed by atoms with Gasteiger partial charge in [0.1, 0.15) is 10.5 Å². The van der Waals surface area contributed by atoms with E-state index in [9.17, 15) is 22.8 Å². The molecule has 0 aliphatic heterocycles. The SMILES string of the molecule is COC(=O)CCCCC(=O)N(c1cccc(C)c1-c1ccccc1)S(=O)(=O)c1cc(C=NNC(=O)OC(C)(C)C)sc1SC. The van der Waals surface area contributed by atoms with Crippen LogP contribution in [0.5, 0.6) is 0 Å². The Morgan fingerprint density at radius 1 is 1.05 bits per heavy atom. The lowest BCUT2D eigenvalue weighted by molar-refractivity contribution is -0.140. The Morgan fingerprint density at radius 3 is 2.36 bits per heavy atom.